The van der Waals surface area contributed by atoms with Crippen molar-refractivity contribution in [1.29, 1.82) is 0 Å². The van der Waals surface area contributed by atoms with E-state index in [0.29, 0.717) is 0 Å². The van der Waals surface area contributed by atoms with Gasteiger partial charge in [0, 0.05) is 36.1 Å². The fourth-order valence-electron chi connectivity index (χ4n) is 2.76. The van der Waals surface area contributed by atoms with Crippen molar-refractivity contribution < 1.29 is 0 Å². The zero-order chi connectivity index (χ0) is 14.4. The average molecular weight is 274 g/mol. The van der Waals surface area contributed by atoms with Crippen molar-refractivity contribution in [2.24, 2.45) is 0 Å². The Morgan fingerprint density at radius 2 is 2.10 bits per heavy atom. The van der Waals surface area contributed by atoms with Crippen molar-refractivity contribution in [3.05, 3.63) is 54.4 Å². The normalized spacial score (nSPS) is 12.8. The third-order valence-electron chi connectivity index (χ3n) is 3.79. The Hall–Kier alpha value is -2.75. The highest BCUT2D eigenvalue weighted by atomic mass is 15.0. The summed E-state index contributed by atoms with van der Waals surface area (Å²) in [5, 5.41) is 1.18. The molecule has 0 atom stereocenters. The topological polar surface area (TPSA) is 43.6 Å². The first-order chi connectivity index (χ1) is 10.3. The van der Waals surface area contributed by atoms with Crippen molar-refractivity contribution in [2.75, 3.05) is 0 Å². The molecular weight excluding hydrogens is 260 g/mol. The number of aryl methyl sites for hydroxylation is 1. The number of aromatic nitrogens is 4. The lowest BCUT2D eigenvalue weighted by atomic mass is 10.1. The SMILES string of the molecule is C=Cc1cn2c3c(nc(-c4cnc(C)nc4)cc13)C=CC2. The first-order valence-electron chi connectivity index (χ1n) is 6.88. The second kappa shape index (κ2) is 4.38. The van der Waals surface area contributed by atoms with E-state index in [9.17, 15) is 0 Å². The molecule has 0 amide bonds. The molecule has 0 aromatic carbocycles. The molecule has 4 heteroatoms. The second-order valence-electron chi connectivity index (χ2n) is 5.15. The Balaban J connectivity index is 2.02. The molecule has 1 aliphatic heterocycles. The molecule has 0 aliphatic carbocycles. The molecule has 4 heterocycles. The van der Waals surface area contributed by atoms with E-state index in [1.807, 2.05) is 25.4 Å². The minimum absolute atomic E-state index is 0.763. The maximum atomic E-state index is 4.76. The highest BCUT2D eigenvalue weighted by Crippen LogP contribution is 2.31. The van der Waals surface area contributed by atoms with Crippen LogP contribution in [0.15, 0.2) is 37.3 Å². The Morgan fingerprint density at radius 3 is 2.86 bits per heavy atom. The molecule has 0 bridgehead atoms. The summed E-state index contributed by atoms with van der Waals surface area (Å²) in [6.45, 7) is 6.67. The van der Waals surface area contributed by atoms with E-state index in [-0.39, 0.29) is 0 Å². The van der Waals surface area contributed by atoms with Crippen LogP contribution in [0, 0.1) is 6.92 Å². The number of nitrogens with zero attached hydrogens (tertiary/aromatic N) is 4. The molecule has 0 unspecified atom stereocenters. The minimum Gasteiger partial charge on any atom is -0.341 e. The van der Waals surface area contributed by atoms with Gasteiger partial charge in [0.25, 0.3) is 0 Å². The molecule has 4 nitrogen and oxygen atoms in total. The van der Waals surface area contributed by atoms with E-state index in [1.165, 1.54) is 10.9 Å². The van der Waals surface area contributed by atoms with Crippen LogP contribution in [-0.4, -0.2) is 19.5 Å². The zero-order valence-corrected chi connectivity index (χ0v) is 11.7. The lowest BCUT2D eigenvalue weighted by Crippen LogP contribution is -2.01. The minimum atomic E-state index is 0.763. The van der Waals surface area contributed by atoms with Gasteiger partial charge in [-0.1, -0.05) is 18.7 Å². The Morgan fingerprint density at radius 1 is 1.29 bits per heavy atom. The first-order valence-corrected chi connectivity index (χ1v) is 6.88. The predicted octanol–water partition coefficient (Wildman–Crippen LogP) is 3.47. The van der Waals surface area contributed by atoms with Gasteiger partial charge in [0.15, 0.2) is 0 Å². The van der Waals surface area contributed by atoms with Gasteiger partial charge in [-0.15, -0.1) is 0 Å². The van der Waals surface area contributed by atoms with E-state index in [1.54, 1.807) is 0 Å². The molecular formula is C17H14N4. The van der Waals surface area contributed by atoms with Gasteiger partial charge in [0.2, 0.25) is 0 Å². The second-order valence-corrected chi connectivity index (χ2v) is 5.15. The molecule has 3 aromatic heterocycles. The van der Waals surface area contributed by atoms with Crippen molar-refractivity contribution in [1.82, 2.24) is 19.5 Å². The van der Waals surface area contributed by atoms with Crippen molar-refractivity contribution in [2.45, 2.75) is 13.5 Å². The van der Waals surface area contributed by atoms with Gasteiger partial charge in [-0.25, -0.2) is 15.0 Å². The summed E-state index contributed by atoms with van der Waals surface area (Å²) in [5.74, 6) is 0.763. The molecule has 3 aromatic rings. The number of hydrogen-bond donors (Lipinski definition) is 0. The largest absolute Gasteiger partial charge is 0.341 e. The van der Waals surface area contributed by atoms with Crippen LogP contribution >= 0.6 is 0 Å². The van der Waals surface area contributed by atoms with Gasteiger partial charge in [-0.3, -0.25) is 0 Å². The van der Waals surface area contributed by atoms with Gasteiger partial charge in [-0.2, -0.15) is 0 Å². The van der Waals surface area contributed by atoms with Gasteiger partial charge in [0.05, 0.1) is 16.9 Å². The van der Waals surface area contributed by atoms with E-state index in [2.05, 4.69) is 45.5 Å². The Labute approximate surface area is 122 Å². The van der Waals surface area contributed by atoms with Crippen LogP contribution in [0.25, 0.3) is 34.3 Å². The highest BCUT2D eigenvalue weighted by molar-refractivity contribution is 5.96. The molecule has 0 saturated carbocycles. The number of rotatable bonds is 2. The lowest BCUT2D eigenvalue weighted by molar-refractivity contribution is 0.853. The van der Waals surface area contributed by atoms with Crippen LogP contribution in [0.1, 0.15) is 17.1 Å². The maximum Gasteiger partial charge on any atom is 0.125 e. The molecule has 4 rings (SSSR count). The standard InChI is InChI=1S/C17H14N4/c1-3-12-10-21-6-4-5-15-17(21)14(12)7-16(20-15)13-8-18-11(2)19-9-13/h3-5,7-10H,1,6H2,2H3. The van der Waals surface area contributed by atoms with E-state index >= 15 is 0 Å². The van der Waals surface area contributed by atoms with Crippen LogP contribution in [0.5, 0.6) is 0 Å². The number of hydrogen-bond acceptors (Lipinski definition) is 3. The van der Waals surface area contributed by atoms with Gasteiger partial charge >= 0.3 is 0 Å². The summed E-state index contributed by atoms with van der Waals surface area (Å²) in [6, 6.07) is 2.10. The zero-order valence-electron chi connectivity index (χ0n) is 11.7. The van der Waals surface area contributed by atoms with E-state index in [0.717, 1.165) is 34.9 Å². The molecule has 102 valence electrons. The molecule has 21 heavy (non-hydrogen) atoms. The number of allylic oxidation sites excluding steroid dienone is 1. The fraction of sp³-hybridized carbons (Fsp3) is 0.118. The third kappa shape index (κ3) is 1.80. The van der Waals surface area contributed by atoms with Gasteiger partial charge in [-0.05, 0) is 24.6 Å². The molecule has 0 saturated heterocycles. The summed E-state index contributed by atoms with van der Waals surface area (Å²) in [4.78, 5) is 13.3. The van der Waals surface area contributed by atoms with E-state index < -0.39 is 0 Å². The Bertz CT molecular complexity index is 885. The summed E-state index contributed by atoms with van der Waals surface area (Å²) in [7, 11) is 0. The van der Waals surface area contributed by atoms with Gasteiger partial charge in [0.1, 0.15) is 5.82 Å². The number of pyridine rings is 1. The van der Waals surface area contributed by atoms with Crippen LogP contribution in [0.2, 0.25) is 0 Å². The smallest absolute Gasteiger partial charge is 0.125 e. The van der Waals surface area contributed by atoms with Crippen LogP contribution in [-0.2, 0) is 6.54 Å². The van der Waals surface area contributed by atoms with Crippen molar-refractivity contribution >= 4 is 23.1 Å². The molecule has 0 N–H and O–H groups in total. The van der Waals surface area contributed by atoms with Crippen LogP contribution in [0.4, 0.5) is 0 Å². The summed E-state index contributed by atoms with van der Waals surface area (Å²) in [5.41, 5.74) is 5.11. The monoisotopic (exact) mass is 274 g/mol. The quantitative estimate of drug-likeness (QED) is 0.718. The fourth-order valence-corrected chi connectivity index (χ4v) is 2.76. The van der Waals surface area contributed by atoms with Crippen molar-refractivity contribution in [3.8, 4) is 11.3 Å². The first kappa shape index (κ1) is 12.0. The lowest BCUT2D eigenvalue weighted by Gasteiger charge is -2.11. The summed E-state index contributed by atoms with van der Waals surface area (Å²) >= 11 is 0. The molecule has 0 spiro atoms. The highest BCUT2D eigenvalue weighted by Gasteiger charge is 2.15. The van der Waals surface area contributed by atoms with Crippen LogP contribution in [0.3, 0.4) is 0 Å². The predicted molar refractivity (Wildman–Crippen MR) is 84.6 cm³/mol. The molecule has 0 fully saturated rings. The Kier molecular flexibility index (Phi) is 2.51. The average Bonchev–Trinajstić information content (AvgIpc) is 2.88. The summed E-state index contributed by atoms with van der Waals surface area (Å²) < 4.78 is 2.21. The maximum absolute atomic E-state index is 4.76. The molecule has 1 aliphatic rings. The third-order valence-corrected chi connectivity index (χ3v) is 3.79. The van der Waals surface area contributed by atoms with Crippen LogP contribution < -0.4 is 0 Å². The van der Waals surface area contributed by atoms with E-state index in [4.69, 9.17) is 4.98 Å². The van der Waals surface area contributed by atoms with Gasteiger partial charge < -0.3 is 4.57 Å². The van der Waals surface area contributed by atoms with Crippen molar-refractivity contribution in [3.63, 3.8) is 0 Å². The molecule has 0 radical (unpaired) electrons. The summed E-state index contributed by atoms with van der Waals surface area (Å²) in [6.07, 6.45) is 11.9.